The van der Waals surface area contributed by atoms with Gasteiger partial charge in [0.25, 0.3) is 0 Å². The Bertz CT molecular complexity index is 817. The molecule has 2 heterocycles. The predicted molar refractivity (Wildman–Crippen MR) is 103 cm³/mol. The van der Waals surface area contributed by atoms with E-state index >= 15 is 0 Å². The van der Waals surface area contributed by atoms with Crippen molar-refractivity contribution >= 4 is 29.1 Å². The fourth-order valence-electron chi connectivity index (χ4n) is 3.18. The smallest absolute Gasteiger partial charge is 0.159 e. The summed E-state index contributed by atoms with van der Waals surface area (Å²) in [4.78, 5) is 4.78. The molecule has 3 aromatic rings. The Balaban J connectivity index is 0.00000169. The molecule has 0 spiro atoms. The number of nitrogens with zero attached hydrogens (tertiary/aromatic N) is 4. The maximum atomic E-state index is 4.96. The average molecular weight is 343 g/mol. The van der Waals surface area contributed by atoms with Crippen molar-refractivity contribution in [2.45, 2.75) is 6.92 Å². The maximum absolute atomic E-state index is 4.96. The minimum atomic E-state index is 0. The molecule has 0 N–H and O–H groups in total. The summed E-state index contributed by atoms with van der Waals surface area (Å²) in [6, 6.07) is 17.1. The molecule has 0 unspecified atom stereocenters. The molecule has 1 aliphatic heterocycles. The van der Waals surface area contributed by atoms with Crippen molar-refractivity contribution < 1.29 is 0 Å². The van der Waals surface area contributed by atoms with Gasteiger partial charge >= 0.3 is 0 Å². The lowest BCUT2D eigenvalue weighted by Gasteiger charge is -2.32. The highest BCUT2D eigenvalue weighted by atomic mass is 35.5. The number of likely N-dealkylation sites (N-methyl/N-ethyl adjacent to an activating group) is 1. The molecule has 1 aromatic heterocycles. The number of piperazine rings is 1. The van der Waals surface area contributed by atoms with Crippen LogP contribution in [0.4, 0.5) is 5.82 Å². The average Bonchev–Trinajstić information content (AvgIpc) is 2.96. The van der Waals surface area contributed by atoms with E-state index in [1.54, 1.807) is 0 Å². The molecule has 0 aliphatic carbocycles. The maximum Gasteiger partial charge on any atom is 0.159 e. The van der Waals surface area contributed by atoms with E-state index in [0.717, 1.165) is 37.7 Å². The van der Waals surface area contributed by atoms with Crippen LogP contribution in [0.5, 0.6) is 0 Å². The molecule has 0 amide bonds. The van der Waals surface area contributed by atoms with Gasteiger partial charge in [-0.3, -0.25) is 0 Å². The highest BCUT2D eigenvalue weighted by Crippen LogP contribution is 2.29. The van der Waals surface area contributed by atoms with Gasteiger partial charge in [0, 0.05) is 31.6 Å². The highest BCUT2D eigenvalue weighted by Gasteiger charge is 2.20. The summed E-state index contributed by atoms with van der Waals surface area (Å²) in [6.45, 7) is 6.36. The van der Waals surface area contributed by atoms with Gasteiger partial charge in [0.05, 0.1) is 11.2 Å². The van der Waals surface area contributed by atoms with Crippen LogP contribution in [0.15, 0.2) is 48.5 Å². The van der Waals surface area contributed by atoms with Gasteiger partial charge in [-0.25, -0.2) is 4.68 Å². The molecule has 24 heavy (non-hydrogen) atoms. The summed E-state index contributed by atoms with van der Waals surface area (Å²) < 4.78 is 2.07. The first-order valence-electron chi connectivity index (χ1n) is 8.21. The standard InChI is InChI=1S/C19H22N4.ClH/c1-15-7-9-16(10-8-15)23-18-6-4-3-5-17(18)19(20-23)22-13-11-21(2)12-14-22;/h3-10H,11-14H2,1-2H3;1H. The molecule has 0 bridgehead atoms. The highest BCUT2D eigenvalue weighted by molar-refractivity contribution is 5.91. The molecule has 5 heteroatoms. The van der Waals surface area contributed by atoms with Gasteiger partial charge < -0.3 is 9.80 Å². The van der Waals surface area contributed by atoms with Crippen molar-refractivity contribution in [1.82, 2.24) is 14.7 Å². The van der Waals surface area contributed by atoms with Crippen LogP contribution in [-0.2, 0) is 0 Å². The Morgan fingerprint density at radius 1 is 0.875 bits per heavy atom. The van der Waals surface area contributed by atoms with E-state index in [9.17, 15) is 0 Å². The molecule has 0 radical (unpaired) electrons. The summed E-state index contributed by atoms with van der Waals surface area (Å²) >= 11 is 0. The van der Waals surface area contributed by atoms with Crippen molar-refractivity contribution in [2.24, 2.45) is 0 Å². The predicted octanol–water partition coefficient (Wildman–Crippen LogP) is 3.51. The zero-order valence-corrected chi connectivity index (χ0v) is 15.0. The van der Waals surface area contributed by atoms with Gasteiger partial charge in [0.15, 0.2) is 5.82 Å². The molecular weight excluding hydrogens is 320 g/mol. The number of aromatic nitrogens is 2. The van der Waals surface area contributed by atoms with E-state index in [1.165, 1.54) is 16.5 Å². The van der Waals surface area contributed by atoms with Crippen LogP contribution in [0.25, 0.3) is 16.6 Å². The second kappa shape index (κ2) is 6.83. The van der Waals surface area contributed by atoms with Crippen molar-refractivity contribution in [3.63, 3.8) is 0 Å². The SMILES string of the molecule is Cc1ccc(-n2nc(N3CCN(C)CC3)c3ccccc32)cc1.Cl. The number of hydrogen-bond acceptors (Lipinski definition) is 3. The number of anilines is 1. The van der Waals surface area contributed by atoms with Crippen molar-refractivity contribution in [3.8, 4) is 5.69 Å². The van der Waals surface area contributed by atoms with Crippen LogP contribution in [0.2, 0.25) is 0 Å². The Hall–Kier alpha value is -2.04. The van der Waals surface area contributed by atoms with E-state index in [2.05, 4.69) is 77.0 Å². The molecule has 2 aromatic carbocycles. The summed E-state index contributed by atoms with van der Waals surface area (Å²) in [7, 11) is 2.18. The van der Waals surface area contributed by atoms with E-state index in [1.807, 2.05) is 0 Å². The third-order valence-corrected chi connectivity index (χ3v) is 4.65. The number of para-hydroxylation sites is 1. The van der Waals surface area contributed by atoms with Crippen LogP contribution in [0, 0.1) is 6.92 Å². The first-order chi connectivity index (χ1) is 11.2. The quantitative estimate of drug-likeness (QED) is 0.712. The molecule has 0 atom stereocenters. The van der Waals surface area contributed by atoms with Crippen molar-refractivity contribution in [1.29, 1.82) is 0 Å². The number of benzene rings is 2. The lowest BCUT2D eigenvalue weighted by molar-refractivity contribution is 0.312. The van der Waals surface area contributed by atoms with Crippen LogP contribution in [-0.4, -0.2) is 47.9 Å². The van der Waals surface area contributed by atoms with Crippen molar-refractivity contribution in [3.05, 3.63) is 54.1 Å². The minimum absolute atomic E-state index is 0. The van der Waals surface area contributed by atoms with Crippen LogP contribution in [0.1, 0.15) is 5.56 Å². The monoisotopic (exact) mass is 342 g/mol. The molecule has 1 saturated heterocycles. The normalized spacial score (nSPS) is 15.5. The Morgan fingerprint density at radius 3 is 2.25 bits per heavy atom. The summed E-state index contributed by atoms with van der Waals surface area (Å²) in [5.41, 5.74) is 3.56. The summed E-state index contributed by atoms with van der Waals surface area (Å²) in [5, 5.41) is 6.20. The lowest BCUT2D eigenvalue weighted by atomic mass is 10.2. The van der Waals surface area contributed by atoms with Crippen molar-refractivity contribution in [2.75, 3.05) is 38.1 Å². The number of rotatable bonds is 2. The van der Waals surface area contributed by atoms with Gasteiger partial charge in [-0.05, 0) is 38.2 Å². The molecule has 1 aliphatic rings. The lowest BCUT2D eigenvalue weighted by Crippen LogP contribution is -2.44. The topological polar surface area (TPSA) is 24.3 Å². The Labute approximate surface area is 149 Å². The zero-order valence-electron chi connectivity index (χ0n) is 14.1. The fraction of sp³-hybridized carbons (Fsp3) is 0.316. The van der Waals surface area contributed by atoms with E-state index < -0.39 is 0 Å². The van der Waals surface area contributed by atoms with Gasteiger partial charge in [0.1, 0.15) is 0 Å². The summed E-state index contributed by atoms with van der Waals surface area (Å²) in [5.74, 6) is 1.11. The Morgan fingerprint density at radius 2 is 1.54 bits per heavy atom. The second-order valence-corrected chi connectivity index (χ2v) is 6.38. The van der Waals surface area contributed by atoms with E-state index in [-0.39, 0.29) is 12.4 Å². The molecule has 4 rings (SSSR count). The summed E-state index contributed by atoms with van der Waals surface area (Å²) in [6.07, 6.45) is 0. The molecule has 126 valence electrons. The molecule has 0 saturated carbocycles. The first kappa shape index (κ1) is 16.8. The Kier molecular flexibility index (Phi) is 4.78. The molecular formula is C19H23ClN4. The number of aryl methyl sites for hydroxylation is 1. The van der Waals surface area contributed by atoms with Crippen LogP contribution < -0.4 is 4.90 Å². The molecule has 4 nitrogen and oxygen atoms in total. The zero-order chi connectivity index (χ0) is 15.8. The third kappa shape index (κ3) is 2.99. The number of fused-ring (bicyclic) bond motifs is 1. The van der Waals surface area contributed by atoms with E-state index in [0.29, 0.717) is 0 Å². The number of halogens is 1. The van der Waals surface area contributed by atoms with Gasteiger partial charge in [0.2, 0.25) is 0 Å². The first-order valence-corrected chi connectivity index (χ1v) is 8.21. The minimum Gasteiger partial charge on any atom is -0.352 e. The second-order valence-electron chi connectivity index (χ2n) is 6.38. The van der Waals surface area contributed by atoms with Gasteiger partial charge in [-0.15, -0.1) is 17.5 Å². The largest absolute Gasteiger partial charge is 0.352 e. The van der Waals surface area contributed by atoms with E-state index in [4.69, 9.17) is 5.10 Å². The number of hydrogen-bond donors (Lipinski definition) is 0. The van der Waals surface area contributed by atoms with Gasteiger partial charge in [-0.2, -0.15) is 0 Å². The van der Waals surface area contributed by atoms with Crippen LogP contribution >= 0.6 is 12.4 Å². The fourth-order valence-corrected chi connectivity index (χ4v) is 3.18. The molecule has 1 fully saturated rings. The third-order valence-electron chi connectivity index (χ3n) is 4.65. The van der Waals surface area contributed by atoms with Gasteiger partial charge in [-0.1, -0.05) is 29.8 Å². The van der Waals surface area contributed by atoms with Crippen LogP contribution in [0.3, 0.4) is 0 Å².